The van der Waals surface area contributed by atoms with Crippen LogP contribution in [0.4, 0.5) is 0 Å². The predicted octanol–water partition coefficient (Wildman–Crippen LogP) is 4.41. The smallest absolute Gasteiger partial charge is 0.242 e. The molecule has 0 saturated heterocycles. The minimum atomic E-state index is -0.120. The highest BCUT2D eigenvalue weighted by Crippen LogP contribution is 2.27. The van der Waals surface area contributed by atoms with E-state index in [-0.39, 0.29) is 24.4 Å². The van der Waals surface area contributed by atoms with Crippen molar-refractivity contribution in [3.05, 3.63) is 70.3 Å². The molecule has 2 heterocycles. The molecule has 7 nitrogen and oxygen atoms in total. The van der Waals surface area contributed by atoms with Gasteiger partial charge in [-0.25, -0.2) is 0 Å². The van der Waals surface area contributed by atoms with Crippen molar-refractivity contribution in [2.24, 2.45) is 0 Å². The summed E-state index contributed by atoms with van der Waals surface area (Å²) in [7, 11) is 3.20. The molecular formula is C26H32N2O5S. The second-order valence-electron chi connectivity index (χ2n) is 8.21. The first-order valence-corrected chi connectivity index (χ1v) is 12.1. The van der Waals surface area contributed by atoms with Crippen molar-refractivity contribution in [2.45, 2.75) is 39.3 Å². The van der Waals surface area contributed by atoms with E-state index < -0.39 is 0 Å². The fraction of sp³-hybridized carbons (Fsp3) is 0.385. The fourth-order valence-electron chi connectivity index (χ4n) is 3.65. The van der Waals surface area contributed by atoms with Gasteiger partial charge in [-0.3, -0.25) is 9.59 Å². The van der Waals surface area contributed by atoms with Gasteiger partial charge >= 0.3 is 0 Å². The Morgan fingerprint density at radius 3 is 2.44 bits per heavy atom. The average Bonchev–Trinajstić information content (AvgIpc) is 3.53. The van der Waals surface area contributed by atoms with Gasteiger partial charge in [-0.1, -0.05) is 12.1 Å². The zero-order chi connectivity index (χ0) is 24.5. The minimum absolute atomic E-state index is 0.0223. The van der Waals surface area contributed by atoms with E-state index in [2.05, 4.69) is 0 Å². The van der Waals surface area contributed by atoms with Gasteiger partial charge < -0.3 is 23.7 Å². The lowest BCUT2D eigenvalue weighted by atomic mass is 10.1. The number of hydrogen-bond acceptors (Lipinski definition) is 6. The Hall–Kier alpha value is -3.26. The zero-order valence-corrected chi connectivity index (χ0v) is 21.0. The molecule has 8 heteroatoms. The molecule has 0 spiro atoms. The van der Waals surface area contributed by atoms with E-state index in [4.69, 9.17) is 13.9 Å². The van der Waals surface area contributed by atoms with Crippen LogP contribution in [0.25, 0.3) is 0 Å². The average molecular weight is 485 g/mol. The number of furan rings is 1. The normalized spacial score (nSPS) is 10.9. The molecule has 0 saturated carbocycles. The second kappa shape index (κ2) is 12.3. The SMILES string of the molecule is COc1ccc(CCN(Cc2ccco2)C(=O)CN(C(=O)Cc2cccs2)C(C)C)cc1OC. The van der Waals surface area contributed by atoms with E-state index in [0.29, 0.717) is 43.2 Å². The van der Waals surface area contributed by atoms with Gasteiger partial charge in [0.15, 0.2) is 11.5 Å². The van der Waals surface area contributed by atoms with Crippen molar-refractivity contribution < 1.29 is 23.5 Å². The highest BCUT2D eigenvalue weighted by molar-refractivity contribution is 7.10. The summed E-state index contributed by atoms with van der Waals surface area (Å²) in [4.78, 5) is 30.7. The van der Waals surface area contributed by atoms with Crippen LogP contribution < -0.4 is 9.47 Å². The van der Waals surface area contributed by atoms with E-state index >= 15 is 0 Å². The number of carbonyl (C=O) groups excluding carboxylic acids is 2. The van der Waals surface area contributed by atoms with Crippen LogP contribution in [0, 0.1) is 0 Å². The predicted molar refractivity (Wildman–Crippen MR) is 132 cm³/mol. The standard InChI is InChI=1S/C26H32N2O5S/c1-19(2)28(25(29)16-22-8-6-14-34-22)18-26(30)27(17-21-7-5-13-33-21)12-11-20-9-10-23(31-3)24(15-20)32-4/h5-10,13-15,19H,11-12,16-18H2,1-4H3. The molecule has 3 rings (SSSR count). The van der Waals surface area contributed by atoms with Gasteiger partial charge in [-0.15, -0.1) is 11.3 Å². The van der Waals surface area contributed by atoms with Crippen molar-refractivity contribution in [1.82, 2.24) is 9.80 Å². The minimum Gasteiger partial charge on any atom is -0.493 e. The summed E-state index contributed by atoms with van der Waals surface area (Å²) >= 11 is 1.55. The second-order valence-corrected chi connectivity index (χ2v) is 9.24. The van der Waals surface area contributed by atoms with Crippen molar-refractivity contribution >= 4 is 23.2 Å². The Balaban J connectivity index is 1.72. The maximum Gasteiger partial charge on any atom is 0.242 e. The van der Waals surface area contributed by atoms with Gasteiger partial charge in [-0.2, -0.15) is 0 Å². The van der Waals surface area contributed by atoms with Crippen LogP contribution in [0.1, 0.15) is 30.0 Å². The third-order valence-corrected chi connectivity index (χ3v) is 6.43. The Labute approximate surface area is 204 Å². The summed E-state index contributed by atoms with van der Waals surface area (Å²) in [6.07, 6.45) is 2.52. The first kappa shape index (κ1) is 25.4. The van der Waals surface area contributed by atoms with E-state index in [0.717, 1.165) is 10.4 Å². The van der Waals surface area contributed by atoms with Gasteiger partial charge in [0.05, 0.1) is 33.4 Å². The fourth-order valence-corrected chi connectivity index (χ4v) is 4.35. The molecule has 34 heavy (non-hydrogen) atoms. The molecule has 0 aliphatic heterocycles. The lowest BCUT2D eigenvalue weighted by Gasteiger charge is -2.30. The number of rotatable bonds is 12. The lowest BCUT2D eigenvalue weighted by Crippen LogP contribution is -2.46. The van der Waals surface area contributed by atoms with Crippen LogP contribution in [0.5, 0.6) is 11.5 Å². The van der Waals surface area contributed by atoms with Crippen molar-refractivity contribution in [2.75, 3.05) is 27.3 Å². The van der Waals surface area contributed by atoms with Gasteiger partial charge in [0.25, 0.3) is 0 Å². The lowest BCUT2D eigenvalue weighted by molar-refractivity contribution is -0.142. The summed E-state index contributed by atoms with van der Waals surface area (Å²) in [5, 5.41) is 1.95. The van der Waals surface area contributed by atoms with Gasteiger partial charge in [0, 0.05) is 17.5 Å². The molecule has 0 radical (unpaired) electrons. The number of methoxy groups -OCH3 is 2. The number of ether oxygens (including phenoxy) is 2. The number of hydrogen-bond donors (Lipinski definition) is 0. The molecule has 3 aromatic rings. The first-order valence-electron chi connectivity index (χ1n) is 11.2. The number of thiophene rings is 1. The Kier molecular flexibility index (Phi) is 9.16. The zero-order valence-electron chi connectivity index (χ0n) is 20.2. The molecule has 182 valence electrons. The van der Waals surface area contributed by atoms with E-state index in [1.165, 1.54) is 0 Å². The van der Waals surface area contributed by atoms with Crippen LogP contribution in [0.3, 0.4) is 0 Å². The van der Waals surface area contributed by atoms with Crippen molar-refractivity contribution in [3.8, 4) is 11.5 Å². The molecule has 1 aromatic carbocycles. The maximum atomic E-state index is 13.4. The van der Waals surface area contributed by atoms with Crippen LogP contribution >= 0.6 is 11.3 Å². The molecule has 0 atom stereocenters. The molecule has 0 aliphatic carbocycles. The highest BCUT2D eigenvalue weighted by Gasteiger charge is 2.24. The number of benzene rings is 1. The first-order chi connectivity index (χ1) is 16.4. The van der Waals surface area contributed by atoms with E-state index in [1.54, 1.807) is 47.7 Å². The summed E-state index contributed by atoms with van der Waals surface area (Å²) in [6.45, 7) is 4.69. The number of carbonyl (C=O) groups is 2. The highest BCUT2D eigenvalue weighted by atomic mass is 32.1. The number of amides is 2. The molecule has 0 aliphatic rings. The van der Waals surface area contributed by atoms with Crippen LogP contribution in [-0.4, -0.2) is 55.0 Å². The molecule has 0 bridgehead atoms. The topological polar surface area (TPSA) is 72.2 Å². The molecule has 0 unspecified atom stereocenters. The summed E-state index contributed by atoms with van der Waals surface area (Å²) in [5.41, 5.74) is 1.02. The van der Waals surface area contributed by atoms with Gasteiger partial charge in [0.2, 0.25) is 11.8 Å². The Bertz CT molecular complexity index is 1050. The Morgan fingerprint density at radius 2 is 1.82 bits per heavy atom. The monoisotopic (exact) mass is 484 g/mol. The van der Waals surface area contributed by atoms with Crippen LogP contribution in [0.2, 0.25) is 0 Å². The summed E-state index contributed by atoms with van der Waals surface area (Å²) in [5.74, 6) is 1.83. The largest absolute Gasteiger partial charge is 0.493 e. The Morgan fingerprint density at radius 1 is 1.03 bits per heavy atom. The third kappa shape index (κ3) is 6.87. The molecule has 2 aromatic heterocycles. The molecular weight excluding hydrogens is 452 g/mol. The van der Waals surface area contributed by atoms with Crippen molar-refractivity contribution in [1.29, 1.82) is 0 Å². The summed E-state index contributed by atoms with van der Waals surface area (Å²) in [6, 6.07) is 13.2. The molecule has 0 N–H and O–H groups in total. The van der Waals surface area contributed by atoms with Crippen LogP contribution in [0.15, 0.2) is 58.5 Å². The third-order valence-electron chi connectivity index (χ3n) is 5.55. The van der Waals surface area contributed by atoms with Gasteiger partial charge in [0.1, 0.15) is 12.3 Å². The number of nitrogens with zero attached hydrogens (tertiary/aromatic N) is 2. The van der Waals surface area contributed by atoms with Crippen molar-refractivity contribution in [3.63, 3.8) is 0 Å². The van der Waals surface area contributed by atoms with Crippen LogP contribution in [-0.2, 0) is 29.0 Å². The maximum absolute atomic E-state index is 13.4. The molecule has 2 amide bonds. The van der Waals surface area contributed by atoms with E-state index in [9.17, 15) is 9.59 Å². The quantitative estimate of drug-likeness (QED) is 0.381. The molecule has 0 fully saturated rings. The summed E-state index contributed by atoms with van der Waals surface area (Å²) < 4.78 is 16.2. The van der Waals surface area contributed by atoms with E-state index in [1.807, 2.05) is 55.6 Å². The van der Waals surface area contributed by atoms with Gasteiger partial charge in [-0.05, 0) is 61.5 Å².